The second kappa shape index (κ2) is 6.07. The molecule has 0 saturated carbocycles. The molecular formula is C13H22N2O2. The molecule has 0 fully saturated rings. The average molecular weight is 238 g/mol. The molecule has 0 aliphatic rings. The van der Waals surface area contributed by atoms with Gasteiger partial charge in [0.05, 0.1) is 17.5 Å². The van der Waals surface area contributed by atoms with Gasteiger partial charge in [-0.2, -0.15) is 10.2 Å². The monoisotopic (exact) mass is 238 g/mol. The summed E-state index contributed by atoms with van der Waals surface area (Å²) in [5.74, 6) is 0. The number of hydrogen-bond donors (Lipinski definition) is 0. The van der Waals surface area contributed by atoms with E-state index in [9.17, 15) is 0 Å². The van der Waals surface area contributed by atoms with Crippen LogP contribution < -0.4 is 0 Å². The average Bonchev–Trinajstić information content (AvgIpc) is 2.41. The molecule has 0 aliphatic carbocycles. The zero-order valence-corrected chi connectivity index (χ0v) is 11.4. The molecule has 1 aromatic rings. The zero-order chi connectivity index (χ0) is 12.9. The van der Waals surface area contributed by atoms with Crippen LogP contribution in [0.15, 0.2) is 12.1 Å². The Morgan fingerprint density at radius 2 is 1.82 bits per heavy atom. The third kappa shape index (κ3) is 2.82. The molecular weight excluding hydrogens is 216 g/mol. The van der Waals surface area contributed by atoms with Gasteiger partial charge in [0.15, 0.2) is 0 Å². The molecule has 1 heterocycles. The SMILES string of the molecule is CCC(CC)(OC)c1ccc(C(C)OC)nn1. The summed E-state index contributed by atoms with van der Waals surface area (Å²) in [5.41, 5.74) is 1.41. The smallest absolute Gasteiger partial charge is 0.111 e. The first kappa shape index (κ1) is 14.1. The highest BCUT2D eigenvalue weighted by Crippen LogP contribution is 2.30. The van der Waals surface area contributed by atoms with Gasteiger partial charge in [-0.25, -0.2) is 0 Å². The Kier molecular flexibility index (Phi) is 5.02. The molecule has 4 heteroatoms. The van der Waals surface area contributed by atoms with Crippen molar-refractivity contribution >= 4 is 0 Å². The van der Waals surface area contributed by atoms with Crippen molar-refractivity contribution in [2.75, 3.05) is 14.2 Å². The minimum Gasteiger partial charge on any atom is -0.375 e. The standard InChI is InChI=1S/C13H22N2O2/c1-6-13(7-2,17-5)12-9-8-11(14-15-12)10(3)16-4/h8-10H,6-7H2,1-5H3. The molecule has 0 N–H and O–H groups in total. The second-order valence-electron chi connectivity index (χ2n) is 4.13. The van der Waals surface area contributed by atoms with E-state index < -0.39 is 0 Å². The molecule has 1 unspecified atom stereocenters. The lowest BCUT2D eigenvalue weighted by atomic mass is 9.92. The molecule has 1 rings (SSSR count). The van der Waals surface area contributed by atoms with E-state index in [1.54, 1.807) is 14.2 Å². The lowest BCUT2D eigenvalue weighted by molar-refractivity contribution is -0.0261. The highest BCUT2D eigenvalue weighted by molar-refractivity contribution is 5.15. The Morgan fingerprint density at radius 3 is 2.18 bits per heavy atom. The van der Waals surface area contributed by atoms with Gasteiger partial charge in [0.2, 0.25) is 0 Å². The quantitative estimate of drug-likeness (QED) is 0.764. The van der Waals surface area contributed by atoms with Gasteiger partial charge in [-0.1, -0.05) is 13.8 Å². The molecule has 0 aromatic carbocycles. The topological polar surface area (TPSA) is 44.2 Å². The van der Waals surface area contributed by atoms with E-state index in [1.165, 1.54) is 0 Å². The Labute approximate surface area is 103 Å². The van der Waals surface area contributed by atoms with Gasteiger partial charge in [-0.15, -0.1) is 0 Å². The highest BCUT2D eigenvalue weighted by atomic mass is 16.5. The molecule has 0 spiro atoms. The van der Waals surface area contributed by atoms with Gasteiger partial charge in [0.25, 0.3) is 0 Å². The van der Waals surface area contributed by atoms with Crippen LogP contribution in [0.4, 0.5) is 0 Å². The van der Waals surface area contributed by atoms with Crippen molar-refractivity contribution in [1.82, 2.24) is 10.2 Å². The van der Waals surface area contributed by atoms with Crippen molar-refractivity contribution in [2.45, 2.75) is 45.3 Å². The molecule has 0 amide bonds. The summed E-state index contributed by atoms with van der Waals surface area (Å²) in [7, 11) is 3.39. The van der Waals surface area contributed by atoms with Crippen LogP contribution in [-0.2, 0) is 15.1 Å². The van der Waals surface area contributed by atoms with E-state index in [-0.39, 0.29) is 11.7 Å². The highest BCUT2D eigenvalue weighted by Gasteiger charge is 2.30. The minimum atomic E-state index is -0.318. The number of ether oxygens (including phenoxy) is 2. The summed E-state index contributed by atoms with van der Waals surface area (Å²) in [4.78, 5) is 0. The van der Waals surface area contributed by atoms with Crippen LogP contribution in [0, 0.1) is 0 Å². The number of rotatable bonds is 6. The predicted octanol–water partition coefficient (Wildman–Crippen LogP) is 2.85. The first-order valence-electron chi connectivity index (χ1n) is 6.05. The normalized spacial score (nSPS) is 13.7. The molecule has 96 valence electrons. The van der Waals surface area contributed by atoms with E-state index in [0.717, 1.165) is 24.2 Å². The Balaban J connectivity index is 3.00. The molecule has 17 heavy (non-hydrogen) atoms. The summed E-state index contributed by atoms with van der Waals surface area (Å²) in [5, 5.41) is 8.48. The summed E-state index contributed by atoms with van der Waals surface area (Å²) >= 11 is 0. The summed E-state index contributed by atoms with van der Waals surface area (Å²) < 4.78 is 10.8. The van der Waals surface area contributed by atoms with Crippen molar-refractivity contribution in [2.24, 2.45) is 0 Å². The number of hydrogen-bond acceptors (Lipinski definition) is 4. The van der Waals surface area contributed by atoms with Crippen LogP contribution in [0.25, 0.3) is 0 Å². The fourth-order valence-corrected chi connectivity index (χ4v) is 1.93. The lowest BCUT2D eigenvalue weighted by Gasteiger charge is -2.29. The number of nitrogens with zero attached hydrogens (tertiary/aromatic N) is 2. The van der Waals surface area contributed by atoms with Gasteiger partial charge in [0, 0.05) is 14.2 Å². The largest absolute Gasteiger partial charge is 0.375 e. The van der Waals surface area contributed by atoms with Crippen LogP contribution in [0.1, 0.15) is 51.1 Å². The molecule has 1 aromatic heterocycles. The molecule has 0 saturated heterocycles. The Bertz CT molecular complexity index is 326. The van der Waals surface area contributed by atoms with Crippen LogP contribution in [0.5, 0.6) is 0 Å². The van der Waals surface area contributed by atoms with E-state index in [4.69, 9.17) is 9.47 Å². The minimum absolute atomic E-state index is 0.0308. The maximum atomic E-state index is 5.62. The van der Waals surface area contributed by atoms with Gasteiger partial charge in [-0.05, 0) is 31.9 Å². The van der Waals surface area contributed by atoms with E-state index >= 15 is 0 Å². The van der Waals surface area contributed by atoms with Crippen LogP contribution in [-0.4, -0.2) is 24.4 Å². The Morgan fingerprint density at radius 1 is 1.18 bits per heavy atom. The van der Waals surface area contributed by atoms with Crippen LogP contribution in [0.2, 0.25) is 0 Å². The molecule has 1 atom stereocenters. The van der Waals surface area contributed by atoms with Gasteiger partial charge < -0.3 is 9.47 Å². The predicted molar refractivity (Wildman–Crippen MR) is 66.7 cm³/mol. The van der Waals surface area contributed by atoms with Crippen molar-refractivity contribution in [3.8, 4) is 0 Å². The maximum Gasteiger partial charge on any atom is 0.111 e. The van der Waals surface area contributed by atoms with E-state index in [1.807, 2.05) is 19.1 Å². The third-order valence-corrected chi connectivity index (χ3v) is 3.46. The van der Waals surface area contributed by atoms with Crippen LogP contribution >= 0.6 is 0 Å². The second-order valence-corrected chi connectivity index (χ2v) is 4.13. The van der Waals surface area contributed by atoms with Gasteiger partial charge >= 0.3 is 0 Å². The number of methoxy groups -OCH3 is 2. The molecule has 0 radical (unpaired) electrons. The first-order chi connectivity index (χ1) is 8.13. The van der Waals surface area contributed by atoms with Gasteiger partial charge in [0.1, 0.15) is 5.60 Å². The Hall–Kier alpha value is -1.00. The first-order valence-corrected chi connectivity index (χ1v) is 6.05. The van der Waals surface area contributed by atoms with Gasteiger partial charge in [-0.3, -0.25) is 0 Å². The summed E-state index contributed by atoms with van der Waals surface area (Å²) in [6.45, 7) is 6.15. The van der Waals surface area contributed by atoms with Crippen molar-refractivity contribution in [1.29, 1.82) is 0 Å². The fourth-order valence-electron chi connectivity index (χ4n) is 1.93. The number of aromatic nitrogens is 2. The summed E-state index contributed by atoms with van der Waals surface area (Å²) in [6, 6.07) is 3.93. The zero-order valence-electron chi connectivity index (χ0n) is 11.4. The third-order valence-electron chi connectivity index (χ3n) is 3.46. The molecule has 0 bridgehead atoms. The van der Waals surface area contributed by atoms with E-state index in [0.29, 0.717) is 0 Å². The van der Waals surface area contributed by atoms with Crippen LogP contribution in [0.3, 0.4) is 0 Å². The summed E-state index contributed by atoms with van der Waals surface area (Å²) in [6.07, 6.45) is 1.73. The fraction of sp³-hybridized carbons (Fsp3) is 0.692. The van der Waals surface area contributed by atoms with Crippen molar-refractivity contribution < 1.29 is 9.47 Å². The van der Waals surface area contributed by atoms with Crippen molar-refractivity contribution in [3.63, 3.8) is 0 Å². The maximum absolute atomic E-state index is 5.62. The molecule has 0 aliphatic heterocycles. The van der Waals surface area contributed by atoms with E-state index in [2.05, 4.69) is 24.0 Å². The molecule has 4 nitrogen and oxygen atoms in total. The lowest BCUT2D eigenvalue weighted by Crippen LogP contribution is -2.28. The van der Waals surface area contributed by atoms with Crippen molar-refractivity contribution in [3.05, 3.63) is 23.5 Å².